The van der Waals surface area contributed by atoms with Gasteiger partial charge < -0.3 is 10.4 Å². The number of carboxylic acids is 1. The van der Waals surface area contributed by atoms with Gasteiger partial charge in [0.2, 0.25) is 5.91 Å². The molecule has 7 heteroatoms. The van der Waals surface area contributed by atoms with Crippen LogP contribution in [0.4, 0.5) is 5.69 Å². The molecule has 1 aliphatic rings. The minimum absolute atomic E-state index is 0. The van der Waals surface area contributed by atoms with Crippen molar-refractivity contribution in [1.29, 1.82) is 0 Å². The molecule has 2 rings (SSSR count). The quantitative estimate of drug-likeness (QED) is 0.803. The second kappa shape index (κ2) is 8.41. The zero-order valence-corrected chi connectivity index (χ0v) is 14.2. The van der Waals surface area contributed by atoms with Crippen LogP contribution in [0.3, 0.4) is 0 Å². The summed E-state index contributed by atoms with van der Waals surface area (Å²) in [5.74, 6) is -1.24. The van der Waals surface area contributed by atoms with Crippen LogP contribution in [0.2, 0.25) is 0 Å². The normalized spacial score (nSPS) is 19.3. The number of amides is 1. The number of nitrogens with one attached hydrogen (secondary N) is 1. The van der Waals surface area contributed by atoms with Crippen molar-refractivity contribution in [3.63, 3.8) is 0 Å². The predicted octanol–water partition coefficient (Wildman–Crippen LogP) is 2.56. The van der Waals surface area contributed by atoms with E-state index in [-0.39, 0.29) is 30.3 Å². The van der Waals surface area contributed by atoms with E-state index in [2.05, 4.69) is 5.32 Å². The minimum atomic E-state index is -0.780. The molecule has 1 aliphatic heterocycles. The third-order valence-electron chi connectivity index (χ3n) is 3.86. The predicted molar refractivity (Wildman–Crippen MR) is 90.9 cm³/mol. The molecule has 2 N–H and O–H groups in total. The molecule has 0 saturated carbocycles. The van der Waals surface area contributed by atoms with Gasteiger partial charge in [0.15, 0.2) is 0 Å². The highest BCUT2D eigenvalue weighted by molar-refractivity contribution is 7.98. The molecule has 0 radical (unpaired) electrons. The number of thioether (sulfide) groups is 1. The number of rotatable bonds is 5. The first-order valence-electron chi connectivity index (χ1n) is 6.93. The molecule has 0 aliphatic carbocycles. The Balaban J connectivity index is 0.00000242. The number of anilines is 1. The van der Waals surface area contributed by atoms with Crippen molar-refractivity contribution >= 4 is 41.7 Å². The van der Waals surface area contributed by atoms with Crippen molar-refractivity contribution in [2.24, 2.45) is 5.92 Å². The van der Waals surface area contributed by atoms with Crippen LogP contribution >= 0.6 is 24.2 Å². The molecule has 5 nitrogen and oxygen atoms in total. The van der Waals surface area contributed by atoms with Gasteiger partial charge in [-0.15, -0.1) is 24.2 Å². The molecule has 0 spiro atoms. The van der Waals surface area contributed by atoms with Crippen LogP contribution in [0.5, 0.6) is 0 Å². The summed E-state index contributed by atoms with van der Waals surface area (Å²) in [7, 11) is 0. The third kappa shape index (κ3) is 4.38. The lowest BCUT2D eigenvalue weighted by Crippen LogP contribution is -2.41. The first kappa shape index (κ1) is 18.8. The molecule has 1 saturated heterocycles. The van der Waals surface area contributed by atoms with Crippen LogP contribution < -0.4 is 5.32 Å². The van der Waals surface area contributed by atoms with E-state index in [1.54, 1.807) is 11.8 Å². The number of hydrogen-bond acceptors (Lipinski definition) is 4. The zero-order valence-electron chi connectivity index (χ0n) is 12.6. The molecule has 122 valence electrons. The van der Waals surface area contributed by atoms with Gasteiger partial charge in [0.25, 0.3) is 0 Å². The molecule has 0 bridgehead atoms. The number of aliphatic carboxylic acids is 1. The summed E-state index contributed by atoms with van der Waals surface area (Å²) in [6.45, 7) is 2.91. The summed E-state index contributed by atoms with van der Waals surface area (Å²) in [5.41, 5.74) is 0.802. The van der Waals surface area contributed by atoms with Gasteiger partial charge in [-0.1, -0.05) is 12.1 Å². The molecule has 22 heavy (non-hydrogen) atoms. The molecule has 2 atom stereocenters. The van der Waals surface area contributed by atoms with Crippen LogP contribution in [0.1, 0.15) is 13.3 Å². The van der Waals surface area contributed by atoms with E-state index in [1.165, 1.54) is 0 Å². The molecule has 2 unspecified atom stereocenters. The van der Waals surface area contributed by atoms with E-state index in [0.717, 1.165) is 10.6 Å². The molecule has 1 aromatic rings. The van der Waals surface area contributed by atoms with Gasteiger partial charge in [-0.25, -0.2) is 0 Å². The Morgan fingerprint density at radius 2 is 2.09 bits per heavy atom. The molecule has 0 aromatic heterocycles. The van der Waals surface area contributed by atoms with Gasteiger partial charge in [0.05, 0.1) is 17.6 Å². The summed E-state index contributed by atoms with van der Waals surface area (Å²) in [6, 6.07) is 7.32. The second-order valence-electron chi connectivity index (χ2n) is 5.18. The molecule has 1 aromatic carbocycles. The van der Waals surface area contributed by atoms with E-state index in [0.29, 0.717) is 19.5 Å². The summed E-state index contributed by atoms with van der Waals surface area (Å²) in [5, 5.41) is 12.0. The topological polar surface area (TPSA) is 69.6 Å². The fraction of sp³-hybridized carbons (Fsp3) is 0.467. The highest BCUT2D eigenvalue weighted by Gasteiger charge is 2.33. The van der Waals surface area contributed by atoms with E-state index in [9.17, 15) is 9.59 Å². The lowest BCUT2D eigenvalue weighted by molar-refractivity contribution is -0.141. The average Bonchev–Trinajstić information content (AvgIpc) is 2.97. The van der Waals surface area contributed by atoms with Gasteiger partial charge in [-0.05, 0) is 38.3 Å². The third-order valence-corrected chi connectivity index (χ3v) is 4.66. The van der Waals surface area contributed by atoms with Crippen molar-refractivity contribution in [3.05, 3.63) is 24.3 Å². The van der Waals surface area contributed by atoms with Crippen molar-refractivity contribution in [2.75, 3.05) is 24.7 Å². The largest absolute Gasteiger partial charge is 0.481 e. The van der Waals surface area contributed by atoms with Gasteiger partial charge in [0, 0.05) is 11.4 Å². The number of carboxylic acid groups (broad SMARTS) is 1. The number of halogens is 1. The fourth-order valence-electron chi connectivity index (χ4n) is 2.49. The van der Waals surface area contributed by atoms with Crippen LogP contribution in [0.25, 0.3) is 0 Å². The molecule has 1 fully saturated rings. The Kier molecular flexibility index (Phi) is 7.19. The number of nitrogens with zero attached hydrogens (tertiary/aromatic N) is 1. The van der Waals surface area contributed by atoms with Crippen LogP contribution in [-0.2, 0) is 9.59 Å². The van der Waals surface area contributed by atoms with Crippen LogP contribution in [0, 0.1) is 5.92 Å². The number of para-hydroxylation sites is 1. The van der Waals surface area contributed by atoms with E-state index in [4.69, 9.17) is 5.11 Å². The highest BCUT2D eigenvalue weighted by Crippen LogP contribution is 2.25. The van der Waals surface area contributed by atoms with Crippen LogP contribution in [0.15, 0.2) is 29.2 Å². The van der Waals surface area contributed by atoms with Crippen molar-refractivity contribution in [1.82, 2.24) is 4.90 Å². The first-order chi connectivity index (χ1) is 10.0. The summed E-state index contributed by atoms with van der Waals surface area (Å²) < 4.78 is 0. The summed E-state index contributed by atoms with van der Waals surface area (Å²) in [4.78, 5) is 26.3. The number of carbonyl (C=O) groups excluding carboxylic acids is 1. The van der Waals surface area contributed by atoms with E-state index < -0.39 is 5.97 Å². The molecular formula is C15H21ClN2O3S. The standard InChI is InChI=1S/C15H20N2O3S.ClH/c1-10(17-8-7-11(9-17)15(19)20)14(18)16-12-5-3-4-6-13(12)21-2;/h3-6,10-11H,7-9H2,1-2H3,(H,16,18)(H,19,20);1H. The molecule has 1 heterocycles. The number of likely N-dealkylation sites (tertiary alicyclic amines) is 1. The van der Waals surface area contributed by atoms with E-state index in [1.807, 2.05) is 42.3 Å². The summed E-state index contributed by atoms with van der Waals surface area (Å²) in [6.07, 6.45) is 2.57. The van der Waals surface area contributed by atoms with Crippen molar-refractivity contribution in [2.45, 2.75) is 24.3 Å². The molecular weight excluding hydrogens is 324 g/mol. The lowest BCUT2D eigenvalue weighted by Gasteiger charge is -2.23. The monoisotopic (exact) mass is 344 g/mol. The minimum Gasteiger partial charge on any atom is -0.481 e. The highest BCUT2D eigenvalue weighted by atomic mass is 35.5. The number of carbonyl (C=O) groups is 2. The maximum Gasteiger partial charge on any atom is 0.307 e. The SMILES string of the molecule is CSc1ccccc1NC(=O)C(C)N1CCC(C(=O)O)C1.Cl. The molecule has 1 amide bonds. The average molecular weight is 345 g/mol. The van der Waals surface area contributed by atoms with Gasteiger partial charge in [0.1, 0.15) is 0 Å². The maximum atomic E-state index is 12.3. The zero-order chi connectivity index (χ0) is 15.4. The van der Waals surface area contributed by atoms with E-state index >= 15 is 0 Å². The maximum absolute atomic E-state index is 12.3. The van der Waals surface area contributed by atoms with Gasteiger partial charge in [-0.2, -0.15) is 0 Å². The number of benzene rings is 1. The van der Waals surface area contributed by atoms with Crippen molar-refractivity contribution < 1.29 is 14.7 Å². The fourth-order valence-corrected chi connectivity index (χ4v) is 3.05. The van der Waals surface area contributed by atoms with Gasteiger partial charge in [-0.3, -0.25) is 14.5 Å². The lowest BCUT2D eigenvalue weighted by atomic mass is 10.1. The smallest absolute Gasteiger partial charge is 0.307 e. The van der Waals surface area contributed by atoms with Gasteiger partial charge >= 0.3 is 5.97 Å². The Labute approximate surface area is 140 Å². The Bertz CT molecular complexity index is 541. The Morgan fingerprint density at radius 1 is 1.41 bits per heavy atom. The first-order valence-corrected chi connectivity index (χ1v) is 8.16. The van der Waals surface area contributed by atoms with Crippen molar-refractivity contribution in [3.8, 4) is 0 Å². The summed E-state index contributed by atoms with van der Waals surface area (Å²) >= 11 is 1.58. The Morgan fingerprint density at radius 3 is 2.68 bits per heavy atom. The van der Waals surface area contributed by atoms with Crippen LogP contribution in [-0.4, -0.2) is 47.3 Å². The second-order valence-corrected chi connectivity index (χ2v) is 6.03. The Hall–Kier alpha value is -1.24. The number of hydrogen-bond donors (Lipinski definition) is 2.